The molecule has 0 heterocycles. The zero-order valence-corrected chi connectivity index (χ0v) is 3.69. The molecule has 0 aromatic rings. The minimum Gasteiger partial charge on any atom is -0.870 e. The minimum atomic E-state index is 0. The van der Waals surface area contributed by atoms with Gasteiger partial charge in [0.15, 0.2) is 0 Å². The second-order valence-corrected chi connectivity index (χ2v) is 0. The summed E-state index contributed by atoms with van der Waals surface area (Å²) < 4.78 is 0. The summed E-state index contributed by atoms with van der Waals surface area (Å²) in [4.78, 5) is 0. The largest absolute Gasteiger partial charge is 3.00 e. The van der Waals surface area contributed by atoms with Crippen LogP contribution in [0.2, 0.25) is 0 Å². The topological polar surface area (TPSA) is 90.0 Å². The first-order valence-corrected chi connectivity index (χ1v) is 0. The van der Waals surface area contributed by atoms with Gasteiger partial charge in [-0.15, -0.1) is 0 Å². The molecule has 1 radical (unpaired) electrons. The maximum atomic E-state index is 0. The molecule has 3 nitrogen and oxygen atoms in total. The summed E-state index contributed by atoms with van der Waals surface area (Å²) >= 11 is 0. The van der Waals surface area contributed by atoms with Crippen molar-refractivity contribution < 1.29 is 54.6 Å². The first-order chi connectivity index (χ1) is 0. The molecule has 0 aliphatic heterocycles. The third-order valence-corrected chi connectivity index (χ3v) is 0. The number of rotatable bonds is 0. The van der Waals surface area contributed by atoms with Gasteiger partial charge < -0.3 is 16.4 Å². The third-order valence-electron chi connectivity index (χ3n) is 0. The Kier molecular flexibility index (Phi) is 519. The molecule has 0 rings (SSSR count). The van der Waals surface area contributed by atoms with Crippen molar-refractivity contribution in [2.24, 2.45) is 0 Å². The van der Waals surface area contributed by atoms with Crippen LogP contribution in [0, 0.1) is 38.2 Å². The Labute approximate surface area is 54.3 Å². The maximum Gasteiger partial charge on any atom is 3.00 e. The summed E-state index contributed by atoms with van der Waals surface area (Å²) in [6.45, 7) is 0. The van der Waals surface area contributed by atoms with Crippen LogP contribution in [0.25, 0.3) is 0 Å². The van der Waals surface area contributed by atoms with Gasteiger partial charge in [-0.05, 0) is 0 Å². The zero-order valence-electron chi connectivity index (χ0n) is 1.66. The summed E-state index contributed by atoms with van der Waals surface area (Å²) in [6, 6.07) is 0. The molecule has 0 bridgehead atoms. The van der Waals surface area contributed by atoms with Crippen LogP contribution in [0.4, 0.5) is 0 Å². The fraction of sp³-hybridized carbons (Fsp3) is 0. The summed E-state index contributed by atoms with van der Waals surface area (Å²) in [6.07, 6.45) is 0. The molecule has 4 heteroatoms. The van der Waals surface area contributed by atoms with Crippen molar-refractivity contribution in [3.63, 3.8) is 0 Å². The van der Waals surface area contributed by atoms with E-state index in [-0.39, 0.29) is 54.6 Å². The van der Waals surface area contributed by atoms with Crippen LogP contribution in [0.3, 0.4) is 0 Å². The van der Waals surface area contributed by atoms with Crippen molar-refractivity contribution in [1.29, 1.82) is 0 Å². The Bertz CT molecular complexity index is 3.25. The summed E-state index contributed by atoms with van der Waals surface area (Å²) in [5.74, 6) is 0. The molecule has 0 spiro atoms. The van der Waals surface area contributed by atoms with Gasteiger partial charge in [0, 0.05) is 0 Å². The van der Waals surface area contributed by atoms with Crippen LogP contribution >= 0.6 is 0 Å². The molecule has 4 heavy (non-hydrogen) atoms. The second-order valence-electron chi connectivity index (χ2n) is 0. The van der Waals surface area contributed by atoms with E-state index in [1.165, 1.54) is 0 Å². The average molecular weight is 214 g/mol. The first-order valence-electron chi connectivity index (χ1n) is 0. The molecule has 0 atom stereocenters. The van der Waals surface area contributed by atoms with Crippen LogP contribution in [0.1, 0.15) is 0 Å². The van der Waals surface area contributed by atoms with Crippen LogP contribution in [-0.2, 0) is 0 Å². The van der Waals surface area contributed by atoms with Crippen LogP contribution in [0.5, 0.6) is 0 Å². The van der Waals surface area contributed by atoms with Crippen LogP contribution in [-0.4, -0.2) is 16.4 Å². The fourth-order valence-corrected chi connectivity index (χ4v) is 0. The summed E-state index contributed by atoms with van der Waals surface area (Å²) in [5, 5.41) is 0. The van der Waals surface area contributed by atoms with Gasteiger partial charge in [-0.2, -0.15) is 0 Å². The first kappa shape index (κ1) is 66.9. The van der Waals surface area contributed by atoms with Crippen molar-refractivity contribution in [3.05, 3.63) is 0 Å². The monoisotopic (exact) mass is 215 g/mol. The molecular formula is H3DyO3. The Hall–Kier alpha value is 1.15. The van der Waals surface area contributed by atoms with Crippen LogP contribution < -0.4 is 0 Å². The molecule has 0 saturated heterocycles. The van der Waals surface area contributed by atoms with Gasteiger partial charge in [0.25, 0.3) is 0 Å². The Morgan fingerprint density at radius 2 is 0.500 bits per heavy atom. The van der Waals surface area contributed by atoms with Crippen molar-refractivity contribution >= 4 is 0 Å². The predicted octanol–water partition coefficient (Wildman–Crippen LogP) is -0.530. The molecule has 0 amide bonds. The quantitative estimate of drug-likeness (QED) is 0.542. The van der Waals surface area contributed by atoms with Crippen LogP contribution in [0.15, 0.2) is 0 Å². The van der Waals surface area contributed by atoms with E-state index in [9.17, 15) is 0 Å². The second kappa shape index (κ2) is 31.1. The van der Waals surface area contributed by atoms with Gasteiger partial charge in [-0.3, -0.25) is 0 Å². The fourth-order valence-electron chi connectivity index (χ4n) is 0. The van der Waals surface area contributed by atoms with Gasteiger partial charge in [0.05, 0.1) is 0 Å². The van der Waals surface area contributed by atoms with E-state index in [4.69, 9.17) is 0 Å². The van der Waals surface area contributed by atoms with E-state index in [2.05, 4.69) is 0 Å². The smallest absolute Gasteiger partial charge is 0.870 e. The third kappa shape index (κ3) is 11.0. The predicted molar refractivity (Wildman–Crippen MR) is 5.81 cm³/mol. The van der Waals surface area contributed by atoms with Crippen molar-refractivity contribution in [1.82, 2.24) is 0 Å². The molecule has 0 aliphatic rings. The van der Waals surface area contributed by atoms with E-state index in [1.54, 1.807) is 0 Å². The van der Waals surface area contributed by atoms with Gasteiger partial charge in [0.1, 0.15) is 0 Å². The SMILES string of the molecule is [Dy+3].[OH-].[OH-].[OH-]. The number of hydrogen-bond donors (Lipinski definition) is 0. The Morgan fingerprint density at radius 1 is 0.500 bits per heavy atom. The molecule has 3 N–H and O–H groups in total. The number of hydrogen-bond acceptors (Lipinski definition) is 3. The average Bonchev–Trinajstić information content (AvgIpc) is 0. The van der Waals surface area contributed by atoms with Gasteiger partial charge >= 0.3 is 38.2 Å². The molecule has 0 aliphatic carbocycles. The van der Waals surface area contributed by atoms with Crippen molar-refractivity contribution in [2.75, 3.05) is 0 Å². The molecule has 31 valence electrons. The Morgan fingerprint density at radius 3 is 0.500 bits per heavy atom. The molecule has 0 fully saturated rings. The van der Waals surface area contributed by atoms with Gasteiger partial charge in [-0.25, -0.2) is 0 Å². The van der Waals surface area contributed by atoms with E-state index < -0.39 is 0 Å². The van der Waals surface area contributed by atoms with E-state index in [0.717, 1.165) is 0 Å². The van der Waals surface area contributed by atoms with Crippen molar-refractivity contribution in [2.45, 2.75) is 0 Å². The Balaban J connectivity index is 0. The van der Waals surface area contributed by atoms with E-state index in [1.807, 2.05) is 0 Å². The molecular weight excluding hydrogens is 210 g/mol. The van der Waals surface area contributed by atoms with E-state index >= 15 is 0 Å². The molecule has 0 aromatic heterocycles. The molecule has 0 saturated carbocycles. The molecule has 0 aromatic carbocycles. The van der Waals surface area contributed by atoms with Gasteiger partial charge in [0.2, 0.25) is 0 Å². The standard InChI is InChI=1S/Dy.3H2O/h;3*1H2/q+3;;;/p-3. The maximum absolute atomic E-state index is 0. The summed E-state index contributed by atoms with van der Waals surface area (Å²) in [5.41, 5.74) is 0. The zero-order chi connectivity index (χ0) is 0. The normalized spacial score (nSPS) is 0. The van der Waals surface area contributed by atoms with Crippen molar-refractivity contribution in [3.8, 4) is 0 Å². The van der Waals surface area contributed by atoms with Gasteiger partial charge in [-0.1, -0.05) is 0 Å². The van der Waals surface area contributed by atoms with E-state index in [0.29, 0.717) is 0 Å². The molecule has 0 unspecified atom stereocenters. The summed E-state index contributed by atoms with van der Waals surface area (Å²) in [7, 11) is 0. The minimum absolute atomic E-state index is 0.